The Hall–Kier alpha value is -0.930. The van der Waals surface area contributed by atoms with E-state index in [0.717, 1.165) is 13.1 Å². The fraction of sp³-hybridized carbons (Fsp3) is 0.444. The van der Waals surface area contributed by atoms with Gasteiger partial charge in [-0.15, -0.1) is 0 Å². The van der Waals surface area contributed by atoms with E-state index < -0.39 is 0 Å². The summed E-state index contributed by atoms with van der Waals surface area (Å²) < 4.78 is 0. The second-order valence-electron chi connectivity index (χ2n) is 3.24. The molecule has 0 aromatic carbocycles. The summed E-state index contributed by atoms with van der Waals surface area (Å²) in [5.74, 6) is 0. The van der Waals surface area contributed by atoms with Crippen LogP contribution in [0.1, 0.15) is 11.3 Å². The molecule has 0 fully saturated rings. The molecule has 0 atom stereocenters. The van der Waals surface area contributed by atoms with Crippen molar-refractivity contribution in [3.63, 3.8) is 0 Å². The summed E-state index contributed by atoms with van der Waals surface area (Å²) in [5, 5.41) is 4.37. The summed E-state index contributed by atoms with van der Waals surface area (Å²) in [5.41, 5.74) is 2.55. The van der Waals surface area contributed by atoms with Crippen molar-refractivity contribution in [2.45, 2.75) is 13.1 Å². The first-order valence-corrected chi connectivity index (χ1v) is 4.12. The highest BCUT2D eigenvalue weighted by molar-refractivity contribution is 5.20. The van der Waals surface area contributed by atoms with Gasteiger partial charge in [0, 0.05) is 26.8 Å². The molecule has 0 saturated heterocycles. The molecule has 3 nitrogen and oxygen atoms in total. The van der Waals surface area contributed by atoms with Crippen molar-refractivity contribution >= 4 is 0 Å². The van der Waals surface area contributed by atoms with Gasteiger partial charge in [-0.1, -0.05) is 6.07 Å². The maximum atomic E-state index is 4.34. The summed E-state index contributed by atoms with van der Waals surface area (Å²) in [4.78, 5) is 4.34. The van der Waals surface area contributed by atoms with Gasteiger partial charge in [0.15, 0.2) is 0 Å². The van der Waals surface area contributed by atoms with Crippen LogP contribution in [0.15, 0.2) is 18.3 Å². The molecule has 0 amide bonds. The van der Waals surface area contributed by atoms with E-state index in [-0.39, 0.29) is 0 Å². The quantitative estimate of drug-likeness (QED) is 0.566. The fourth-order valence-electron chi connectivity index (χ4n) is 1.46. The second-order valence-corrected chi connectivity index (χ2v) is 3.24. The highest BCUT2D eigenvalue weighted by atomic mass is 15.6. The minimum atomic E-state index is 0.923. The van der Waals surface area contributed by atoms with Crippen LogP contribution in [0.3, 0.4) is 0 Å². The van der Waals surface area contributed by atoms with Gasteiger partial charge in [0.25, 0.3) is 0 Å². The van der Waals surface area contributed by atoms with Crippen LogP contribution in [0.2, 0.25) is 0 Å². The number of hydrazine groups is 1. The van der Waals surface area contributed by atoms with E-state index in [1.165, 1.54) is 11.3 Å². The molecule has 1 aromatic heterocycles. The summed E-state index contributed by atoms with van der Waals surface area (Å²) in [7, 11) is 4.17. The molecule has 1 aromatic rings. The molecule has 64 valence electrons. The summed E-state index contributed by atoms with van der Waals surface area (Å²) in [6.45, 7) is 1.90. The van der Waals surface area contributed by atoms with Crippen LogP contribution in [-0.2, 0) is 13.1 Å². The topological polar surface area (TPSA) is 19.4 Å². The molecule has 3 heteroatoms. The summed E-state index contributed by atoms with van der Waals surface area (Å²) in [6, 6.07) is 4.14. The van der Waals surface area contributed by atoms with E-state index in [9.17, 15) is 0 Å². The van der Waals surface area contributed by atoms with Crippen LogP contribution in [0.4, 0.5) is 0 Å². The minimum Gasteiger partial charge on any atom is -0.260 e. The SMILES string of the molecule is CN1Cc2cccnc2CN1C. The molecule has 0 N–H and O–H groups in total. The lowest BCUT2D eigenvalue weighted by molar-refractivity contribution is -0.00354. The zero-order chi connectivity index (χ0) is 8.55. The summed E-state index contributed by atoms with van der Waals surface area (Å²) in [6.07, 6.45) is 1.86. The third kappa shape index (κ3) is 1.21. The van der Waals surface area contributed by atoms with Gasteiger partial charge in [0.05, 0.1) is 12.2 Å². The number of hydrogen-bond acceptors (Lipinski definition) is 3. The Balaban J connectivity index is 2.34. The number of hydrogen-bond donors (Lipinski definition) is 0. The van der Waals surface area contributed by atoms with Crippen molar-refractivity contribution in [1.29, 1.82) is 0 Å². The number of rotatable bonds is 0. The fourth-order valence-corrected chi connectivity index (χ4v) is 1.46. The molecule has 0 bridgehead atoms. The number of pyridine rings is 1. The zero-order valence-electron chi connectivity index (χ0n) is 7.49. The highest BCUT2D eigenvalue weighted by Crippen LogP contribution is 2.16. The van der Waals surface area contributed by atoms with Crippen molar-refractivity contribution in [3.8, 4) is 0 Å². The third-order valence-corrected chi connectivity index (χ3v) is 2.35. The Labute approximate surface area is 72.6 Å². The molecule has 0 aliphatic carbocycles. The van der Waals surface area contributed by atoms with Gasteiger partial charge in [0.1, 0.15) is 0 Å². The van der Waals surface area contributed by atoms with Crippen LogP contribution in [0.25, 0.3) is 0 Å². The van der Waals surface area contributed by atoms with Crippen molar-refractivity contribution < 1.29 is 0 Å². The number of nitrogens with zero attached hydrogens (tertiary/aromatic N) is 3. The standard InChI is InChI=1S/C9H13N3/c1-11-6-8-4-3-5-10-9(8)7-12(11)2/h3-5H,6-7H2,1-2H3. The average Bonchev–Trinajstić information content (AvgIpc) is 2.07. The highest BCUT2D eigenvalue weighted by Gasteiger charge is 2.17. The first-order chi connectivity index (χ1) is 5.77. The van der Waals surface area contributed by atoms with E-state index in [1.54, 1.807) is 0 Å². The van der Waals surface area contributed by atoms with Gasteiger partial charge in [-0.3, -0.25) is 4.98 Å². The Kier molecular flexibility index (Phi) is 1.83. The maximum absolute atomic E-state index is 4.34. The van der Waals surface area contributed by atoms with E-state index in [2.05, 4.69) is 35.2 Å². The van der Waals surface area contributed by atoms with E-state index in [0.29, 0.717) is 0 Å². The van der Waals surface area contributed by atoms with Crippen LogP contribution < -0.4 is 0 Å². The van der Waals surface area contributed by atoms with Gasteiger partial charge in [0.2, 0.25) is 0 Å². The van der Waals surface area contributed by atoms with Crippen molar-refractivity contribution in [2.24, 2.45) is 0 Å². The minimum absolute atomic E-state index is 0.923. The Morgan fingerprint density at radius 3 is 2.83 bits per heavy atom. The largest absolute Gasteiger partial charge is 0.260 e. The summed E-state index contributed by atoms with van der Waals surface area (Å²) >= 11 is 0. The predicted molar refractivity (Wildman–Crippen MR) is 47.2 cm³/mol. The zero-order valence-corrected chi connectivity index (χ0v) is 7.49. The number of fused-ring (bicyclic) bond motifs is 1. The van der Waals surface area contributed by atoms with Gasteiger partial charge in [-0.05, 0) is 11.6 Å². The maximum Gasteiger partial charge on any atom is 0.0603 e. The van der Waals surface area contributed by atoms with Crippen LogP contribution in [0, 0.1) is 0 Å². The van der Waals surface area contributed by atoms with Crippen LogP contribution >= 0.6 is 0 Å². The molecule has 2 rings (SSSR count). The van der Waals surface area contributed by atoms with E-state index >= 15 is 0 Å². The monoisotopic (exact) mass is 163 g/mol. The van der Waals surface area contributed by atoms with Crippen molar-refractivity contribution in [2.75, 3.05) is 14.1 Å². The molecule has 12 heavy (non-hydrogen) atoms. The third-order valence-electron chi connectivity index (χ3n) is 2.35. The lowest BCUT2D eigenvalue weighted by atomic mass is 10.1. The Morgan fingerprint density at radius 2 is 2.00 bits per heavy atom. The second kappa shape index (κ2) is 2.84. The van der Waals surface area contributed by atoms with Crippen molar-refractivity contribution in [3.05, 3.63) is 29.6 Å². The normalized spacial score (nSPS) is 19.2. The molecule has 0 unspecified atom stereocenters. The smallest absolute Gasteiger partial charge is 0.0603 e. The lowest BCUT2D eigenvalue weighted by Crippen LogP contribution is -2.39. The van der Waals surface area contributed by atoms with E-state index in [4.69, 9.17) is 0 Å². The molecule has 0 saturated carbocycles. The molecule has 0 radical (unpaired) electrons. The van der Waals surface area contributed by atoms with Crippen LogP contribution in [-0.4, -0.2) is 29.1 Å². The van der Waals surface area contributed by atoms with Crippen LogP contribution in [0.5, 0.6) is 0 Å². The van der Waals surface area contributed by atoms with E-state index in [1.807, 2.05) is 12.3 Å². The molecular weight excluding hydrogens is 150 g/mol. The van der Waals surface area contributed by atoms with Gasteiger partial charge < -0.3 is 0 Å². The first kappa shape index (κ1) is 7.71. The van der Waals surface area contributed by atoms with Gasteiger partial charge in [-0.25, -0.2) is 10.0 Å². The van der Waals surface area contributed by atoms with Gasteiger partial charge in [-0.2, -0.15) is 0 Å². The Bertz CT molecular complexity index is 256. The molecular formula is C9H13N3. The first-order valence-electron chi connectivity index (χ1n) is 4.12. The van der Waals surface area contributed by atoms with Crippen molar-refractivity contribution in [1.82, 2.24) is 15.0 Å². The Morgan fingerprint density at radius 1 is 1.25 bits per heavy atom. The molecule has 0 spiro atoms. The molecule has 1 aliphatic heterocycles. The number of aromatic nitrogens is 1. The molecule has 1 aliphatic rings. The lowest BCUT2D eigenvalue weighted by Gasteiger charge is -2.33. The molecule has 2 heterocycles. The van der Waals surface area contributed by atoms with Gasteiger partial charge >= 0.3 is 0 Å². The average molecular weight is 163 g/mol. The predicted octanol–water partition coefficient (Wildman–Crippen LogP) is 0.874.